The number of likely N-dealkylation sites (tertiary alicyclic amines) is 1. The van der Waals surface area contributed by atoms with Crippen LogP contribution in [-0.4, -0.2) is 35.2 Å². The lowest BCUT2D eigenvalue weighted by molar-refractivity contribution is 0.00969. The summed E-state index contributed by atoms with van der Waals surface area (Å²) >= 11 is 0. The van der Waals surface area contributed by atoms with Gasteiger partial charge < -0.3 is 5.11 Å². The first-order chi connectivity index (χ1) is 6.41. The zero-order valence-corrected chi connectivity index (χ0v) is 10.1. The fourth-order valence-corrected chi connectivity index (χ4v) is 1.92. The van der Waals surface area contributed by atoms with E-state index in [9.17, 15) is 5.11 Å². The third-order valence-corrected chi connectivity index (χ3v) is 3.35. The molecule has 0 aromatic carbocycles. The second-order valence-electron chi connectivity index (χ2n) is 5.72. The second-order valence-corrected chi connectivity index (χ2v) is 5.72. The lowest BCUT2D eigenvalue weighted by atomic mass is 9.88. The van der Waals surface area contributed by atoms with Crippen molar-refractivity contribution in [2.45, 2.75) is 59.1 Å². The van der Waals surface area contributed by atoms with Crippen molar-refractivity contribution < 1.29 is 5.11 Å². The molecule has 2 atom stereocenters. The molecule has 0 saturated carbocycles. The van der Waals surface area contributed by atoms with Crippen LogP contribution in [0.4, 0.5) is 0 Å². The number of hydrogen-bond donors (Lipinski definition) is 1. The van der Waals surface area contributed by atoms with Gasteiger partial charge in [-0.25, -0.2) is 0 Å². The van der Waals surface area contributed by atoms with E-state index >= 15 is 0 Å². The van der Waals surface area contributed by atoms with Crippen LogP contribution < -0.4 is 0 Å². The normalized spacial score (nSPS) is 27.6. The summed E-state index contributed by atoms with van der Waals surface area (Å²) in [4.78, 5) is 2.43. The molecule has 1 aliphatic heterocycles. The molecule has 1 heterocycles. The van der Waals surface area contributed by atoms with Crippen LogP contribution in [0.5, 0.6) is 0 Å². The van der Waals surface area contributed by atoms with E-state index in [-0.39, 0.29) is 11.5 Å². The number of nitrogens with zero attached hydrogens (tertiary/aromatic N) is 1. The first-order valence-corrected chi connectivity index (χ1v) is 5.83. The molecule has 0 spiro atoms. The van der Waals surface area contributed by atoms with Gasteiger partial charge in [-0.2, -0.15) is 0 Å². The molecule has 0 aromatic heterocycles. The Morgan fingerprint density at radius 3 is 2.50 bits per heavy atom. The molecule has 1 rings (SSSR count). The summed E-state index contributed by atoms with van der Waals surface area (Å²) < 4.78 is 0. The zero-order valence-electron chi connectivity index (χ0n) is 10.1. The minimum Gasteiger partial charge on any atom is -0.391 e. The van der Waals surface area contributed by atoms with E-state index in [1.165, 1.54) is 19.3 Å². The minimum atomic E-state index is -0.206. The van der Waals surface area contributed by atoms with Gasteiger partial charge in [-0.1, -0.05) is 27.2 Å². The molecule has 1 aliphatic rings. The lowest BCUT2D eigenvalue weighted by Crippen LogP contribution is -2.45. The van der Waals surface area contributed by atoms with Gasteiger partial charge >= 0.3 is 0 Å². The molecule has 0 radical (unpaired) electrons. The van der Waals surface area contributed by atoms with Gasteiger partial charge in [0.15, 0.2) is 0 Å². The predicted octanol–water partition coefficient (Wildman–Crippen LogP) is 2.27. The molecule has 1 saturated heterocycles. The van der Waals surface area contributed by atoms with Crippen LogP contribution in [0.25, 0.3) is 0 Å². The Kier molecular flexibility index (Phi) is 3.96. The number of aliphatic hydroxyl groups is 1. The third-order valence-electron chi connectivity index (χ3n) is 3.35. The Hall–Kier alpha value is -0.0800. The molecule has 14 heavy (non-hydrogen) atoms. The number of aliphatic hydroxyl groups excluding tert-OH is 1. The van der Waals surface area contributed by atoms with Gasteiger partial charge in [0, 0.05) is 12.6 Å². The summed E-state index contributed by atoms with van der Waals surface area (Å²) in [6, 6.07) is 0.653. The van der Waals surface area contributed by atoms with Gasteiger partial charge in [-0.15, -0.1) is 0 Å². The summed E-state index contributed by atoms with van der Waals surface area (Å²) in [5.41, 5.74) is 0.0111. The first-order valence-electron chi connectivity index (χ1n) is 5.83. The highest BCUT2D eigenvalue weighted by atomic mass is 16.3. The number of β-amino-alcohol motifs (C(OH)–C–C–N with tert-alkyl or cyclic N) is 1. The average Bonchev–Trinajstić information content (AvgIpc) is 2.07. The topological polar surface area (TPSA) is 23.5 Å². The van der Waals surface area contributed by atoms with Crippen molar-refractivity contribution in [1.82, 2.24) is 4.90 Å². The second kappa shape index (κ2) is 4.63. The Morgan fingerprint density at radius 2 is 2.00 bits per heavy atom. The van der Waals surface area contributed by atoms with E-state index in [0.29, 0.717) is 6.04 Å². The van der Waals surface area contributed by atoms with Crippen LogP contribution in [0.3, 0.4) is 0 Å². The van der Waals surface area contributed by atoms with Gasteiger partial charge in [-0.05, 0) is 31.7 Å². The summed E-state index contributed by atoms with van der Waals surface area (Å²) in [6.45, 7) is 10.6. The minimum absolute atomic E-state index is 0.0111. The van der Waals surface area contributed by atoms with Crippen LogP contribution in [0.2, 0.25) is 0 Å². The van der Waals surface area contributed by atoms with E-state index < -0.39 is 0 Å². The van der Waals surface area contributed by atoms with Gasteiger partial charge in [-0.3, -0.25) is 4.90 Å². The van der Waals surface area contributed by atoms with Crippen LogP contribution in [0.15, 0.2) is 0 Å². The first kappa shape index (κ1) is 12.0. The number of hydrogen-bond acceptors (Lipinski definition) is 2. The smallest absolute Gasteiger partial charge is 0.0715 e. The van der Waals surface area contributed by atoms with Crippen LogP contribution >= 0.6 is 0 Å². The van der Waals surface area contributed by atoms with Crippen molar-refractivity contribution >= 4 is 0 Å². The van der Waals surface area contributed by atoms with Crippen molar-refractivity contribution in [1.29, 1.82) is 0 Å². The van der Waals surface area contributed by atoms with Gasteiger partial charge in [0.25, 0.3) is 0 Å². The van der Waals surface area contributed by atoms with Gasteiger partial charge in [0.05, 0.1) is 6.10 Å². The van der Waals surface area contributed by atoms with E-state index in [0.717, 1.165) is 13.1 Å². The quantitative estimate of drug-likeness (QED) is 0.737. The Balaban J connectivity index is 2.42. The van der Waals surface area contributed by atoms with Crippen LogP contribution in [-0.2, 0) is 0 Å². The van der Waals surface area contributed by atoms with Crippen molar-refractivity contribution in [3.05, 3.63) is 0 Å². The van der Waals surface area contributed by atoms with Gasteiger partial charge in [0.2, 0.25) is 0 Å². The van der Waals surface area contributed by atoms with E-state index in [4.69, 9.17) is 0 Å². The maximum Gasteiger partial charge on any atom is 0.0715 e. The molecule has 0 aliphatic carbocycles. The fourth-order valence-electron chi connectivity index (χ4n) is 1.92. The Morgan fingerprint density at radius 1 is 1.36 bits per heavy atom. The fraction of sp³-hybridized carbons (Fsp3) is 1.00. The maximum atomic E-state index is 10.0. The van der Waals surface area contributed by atoms with E-state index in [1.54, 1.807) is 0 Å². The molecule has 0 amide bonds. The molecule has 1 N–H and O–H groups in total. The SMILES string of the molecule is CC1CCCCN1CC(O)C(C)(C)C. The molecule has 1 fully saturated rings. The maximum absolute atomic E-state index is 10.0. The Bertz CT molecular complexity index is 174. The average molecular weight is 199 g/mol. The molecule has 0 aromatic rings. The van der Waals surface area contributed by atoms with Crippen molar-refractivity contribution in [3.63, 3.8) is 0 Å². The molecule has 2 unspecified atom stereocenters. The molecular formula is C12H25NO. The number of piperidine rings is 1. The van der Waals surface area contributed by atoms with E-state index in [2.05, 4.69) is 32.6 Å². The highest BCUT2D eigenvalue weighted by molar-refractivity contribution is 4.80. The highest BCUT2D eigenvalue weighted by Crippen LogP contribution is 2.23. The highest BCUT2D eigenvalue weighted by Gasteiger charge is 2.27. The van der Waals surface area contributed by atoms with Gasteiger partial charge in [0.1, 0.15) is 0 Å². The van der Waals surface area contributed by atoms with Crippen molar-refractivity contribution in [2.24, 2.45) is 5.41 Å². The van der Waals surface area contributed by atoms with Crippen molar-refractivity contribution in [3.8, 4) is 0 Å². The van der Waals surface area contributed by atoms with E-state index in [1.807, 2.05) is 0 Å². The zero-order chi connectivity index (χ0) is 10.8. The summed E-state index contributed by atoms with van der Waals surface area (Å²) in [7, 11) is 0. The standard InChI is InChI=1S/C12H25NO/c1-10-7-5-6-8-13(10)9-11(14)12(2,3)4/h10-11,14H,5-9H2,1-4H3. The largest absolute Gasteiger partial charge is 0.391 e. The predicted molar refractivity (Wildman–Crippen MR) is 60.3 cm³/mol. The number of rotatable bonds is 2. The van der Waals surface area contributed by atoms with Crippen LogP contribution in [0.1, 0.15) is 47.0 Å². The lowest BCUT2D eigenvalue weighted by Gasteiger charge is -2.37. The molecule has 0 bridgehead atoms. The molecule has 84 valence electrons. The summed E-state index contributed by atoms with van der Waals surface area (Å²) in [6.07, 6.45) is 3.73. The summed E-state index contributed by atoms with van der Waals surface area (Å²) in [5.74, 6) is 0. The van der Waals surface area contributed by atoms with Crippen LogP contribution in [0, 0.1) is 5.41 Å². The molecular weight excluding hydrogens is 174 g/mol. The molecule has 2 heteroatoms. The molecule has 2 nitrogen and oxygen atoms in total. The van der Waals surface area contributed by atoms with Crippen molar-refractivity contribution in [2.75, 3.05) is 13.1 Å². The third kappa shape index (κ3) is 3.25. The Labute approximate surface area is 88.3 Å². The summed E-state index contributed by atoms with van der Waals surface area (Å²) in [5, 5.41) is 10.0. The monoisotopic (exact) mass is 199 g/mol.